The number of rotatable bonds is 5. The molecule has 7 nitrogen and oxygen atoms in total. The maximum Gasteiger partial charge on any atom is 0.258 e. The van der Waals surface area contributed by atoms with Crippen LogP contribution in [0.2, 0.25) is 0 Å². The predicted molar refractivity (Wildman–Crippen MR) is 97.3 cm³/mol. The molecule has 1 aromatic heterocycles. The fourth-order valence-corrected chi connectivity index (χ4v) is 3.84. The third kappa shape index (κ3) is 4.05. The summed E-state index contributed by atoms with van der Waals surface area (Å²) >= 11 is 3.28. The van der Waals surface area contributed by atoms with Crippen LogP contribution in [-0.2, 0) is 16.4 Å². The molecule has 0 unspecified atom stereocenters. The summed E-state index contributed by atoms with van der Waals surface area (Å²) in [5.41, 5.74) is 0.279. The Kier molecular flexibility index (Phi) is 5.70. The number of aromatic nitrogens is 2. The SMILES string of the molecule is CCc1nnc(NC(=O)c2cc(S(=O)(=O)N(C)C)ccc2I)s1. The summed E-state index contributed by atoms with van der Waals surface area (Å²) in [5.74, 6) is -0.413. The Bertz CT molecular complexity index is 833. The van der Waals surface area contributed by atoms with Crippen molar-refractivity contribution >= 4 is 55.0 Å². The second-order valence-electron chi connectivity index (χ2n) is 4.74. The number of nitrogens with one attached hydrogen (secondary N) is 1. The van der Waals surface area contributed by atoms with Gasteiger partial charge in [-0.3, -0.25) is 10.1 Å². The molecule has 0 fully saturated rings. The molecule has 2 aromatic rings. The predicted octanol–water partition coefficient (Wildman–Crippen LogP) is 2.21. The summed E-state index contributed by atoms with van der Waals surface area (Å²) in [5, 5.41) is 11.7. The lowest BCUT2D eigenvalue weighted by Crippen LogP contribution is -2.23. The van der Waals surface area contributed by atoms with E-state index >= 15 is 0 Å². The molecule has 23 heavy (non-hydrogen) atoms. The van der Waals surface area contributed by atoms with Crippen LogP contribution in [-0.4, -0.2) is 42.9 Å². The molecule has 1 amide bonds. The largest absolute Gasteiger partial charge is 0.296 e. The van der Waals surface area contributed by atoms with Gasteiger partial charge in [0.2, 0.25) is 15.2 Å². The monoisotopic (exact) mass is 466 g/mol. The number of carbonyl (C=O) groups is 1. The van der Waals surface area contributed by atoms with E-state index in [1.54, 1.807) is 6.07 Å². The molecule has 1 heterocycles. The van der Waals surface area contributed by atoms with Crippen molar-refractivity contribution in [2.75, 3.05) is 19.4 Å². The molecule has 0 saturated heterocycles. The van der Waals surface area contributed by atoms with Gasteiger partial charge in [-0.25, -0.2) is 12.7 Å². The van der Waals surface area contributed by atoms with E-state index in [-0.39, 0.29) is 10.5 Å². The Hall–Kier alpha value is -1.11. The van der Waals surface area contributed by atoms with Gasteiger partial charge in [-0.05, 0) is 47.2 Å². The first-order chi connectivity index (χ1) is 10.8. The minimum atomic E-state index is -3.60. The molecule has 0 bridgehead atoms. The zero-order chi connectivity index (χ0) is 17.2. The highest BCUT2D eigenvalue weighted by molar-refractivity contribution is 14.1. The van der Waals surface area contributed by atoms with Gasteiger partial charge in [0.05, 0.1) is 10.5 Å². The molecule has 124 valence electrons. The zero-order valence-electron chi connectivity index (χ0n) is 12.7. The van der Waals surface area contributed by atoms with Crippen LogP contribution in [0.15, 0.2) is 23.1 Å². The molecule has 1 N–H and O–H groups in total. The second-order valence-corrected chi connectivity index (χ2v) is 9.11. The molecule has 0 aliphatic rings. The highest BCUT2D eigenvalue weighted by atomic mass is 127. The third-order valence-corrected chi connectivity index (χ3v) is 6.69. The van der Waals surface area contributed by atoms with Crippen LogP contribution in [0.5, 0.6) is 0 Å². The normalized spacial score (nSPS) is 11.7. The number of benzene rings is 1. The first kappa shape index (κ1) is 18.2. The van der Waals surface area contributed by atoms with Crippen LogP contribution < -0.4 is 5.32 Å². The number of halogens is 1. The molecular weight excluding hydrogens is 451 g/mol. The van der Waals surface area contributed by atoms with Crippen LogP contribution in [0, 0.1) is 3.57 Å². The van der Waals surface area contributed by atoms with Crippen LogP contribution >= 0.6 is 33.9 Å². The minimum absolute atomic E-state index is 0.0691. The van der Waals surface area contributed by atoms with E-state index in [9.17, 15) is 13.2 Å². The average molecular weight is 466 g/mol. The number of sulfonamides is 1. The van der Waals surface area contributed by atoms with Crippen LogP contribution in [0.3, 0.4) is 0 Å². The first-order valence-corrected chi connectivity index (χ1v) is 9.95. The highest BCUT2D eigenvalue weighted by Crippen LogP contribution is 2.22. The fraction of sp³-hybridized carbons (Fsp3) is 0.308. The number of aryl methyl sites for hydroxylation is 1. The van der Waals surface area contributed by atoms with Crippen molar-refractivity contribution in [3.8, 4) is 0 Å². The molecule has 0 radical (unpaired) electrons. The van der Waals surface area contributed by atoms with Gasteiger partial charge < -0.3 is 0 Å². The Morgan fingerprint density at radius 2 is 2.04 bits per heavy atom. The average Bonchev–Trinajstić information content (AvgIpc) is 2.94. The van der Waals surface area contributed by atoms with Gasteiger partial charge in [-0.1, -0.05) is 18.3 Å². The highest BCUT2D eigenvalue weighted by Gasteiger charge is 2.21. The van der Waals surface area contributed by atoms with Crippen LogP contribution in [0.25, 0.3) is 0 Å². The van der Waals surface area contributed by atoms with E-state index in [1.807, 2.05) is 29.5 Å². The Labute approximate surface area is 152 Å². The number of carbonyl (C=O) groups excluding carboxylic acids is 1. The van der Waals surface area contributed by atoms with Gasteiger partial charge in [0.1, 0.15) is 5.01 Å². The fourth-order valence-electron chi connectivity index (χ4n) is 1.66. The summed E-state index contributed by atoms with van der Waals surface area (Å²) in [6.45, 7) is 1.95. The van der Waals surface area contributed by atoms with Crippen LogP contribution in [0.1, 0.15) is 22.3 Å². The molecule has 0 aliphatic carbocycles. The number of hydrogen-bond acceptors (Lipinski definition) is 6. The molecule has 0 spiro atoms. The Morgan fingerprint density at radius 3 is 2.61 bits per heavy atom. The standard InChI is InChI=1S/C13H15IN4O3S2/c1-4-11-16-17-13(22-11)15-12(19)9-7-8(5-6-10(9)14)23(20,21)18(2)3/h5-7H,4H2,1-3H3,(H,15,17,19). The van der Waals surface area contributed by atoms with E-state index in [0.717, 1.165) is 15.7 Å². The van der Waals surface area contributed by atoms with E-state index in [2.05, 4.69) is 15.5 Å². The smallest absolute Gasteiger partial charge is 0.258 e. The van der Waals surface area contributed by atoms with E-state index < -0.39 is 15.9 Å². The zero-order valence-corrected chi connectivity index (χ0v) is 16.5. The maximum absolute atomic E-state index is 12.4. The van der Waals surface area contributed by atoms with Crippen molar-refractivity contribution in [3.05, 3.63) is 32.3 Å². The number of amides is 1. The van der Waals surface area contributed by atoms with E-state index in [4.69, 9.17) is 0 Å². The third-order valence-electron chi connectivity index (χ3n) is 2.95. The quantitative estimate of drug-likeness (QED) is 0.683. The molecule has 10 heteroatoms. The van der Waals surface area contributed by atoms with Gasteiger partial charge in [-0.2, -0.15) is 0 Å². The van der Waals surface area contributed by atoms with E-state index in [0.29, 0.717) is 8.70 Å². The number of nitrogens with zero attached hydrogens (tertiary/aromatic N) is 3. The van der Waals surface area contributed by atoms with E-state index in [1.165, 1.54) is 37.6 Å². The molecule has 1 aromatic carbocycles. The van der Waals surface area contributed by atoms with Gasteiger partial charge in [0, 0.05) is 17.7 Å². The topological polar surface area (TPSA) is 92.3 Å². The van der Waals surface area contributed by atoms with Crippen molar-refractivity contribution in [3.63, 3.8) is 0 Å². The Morgan fingerprint density at radius 1 is 1.35 bits per heavy atom. The van der Waals surface area contributed by atoms with Gasteiger partial charge in [0.15, 0.2) is 0 Å². The van der Waals surface area contributed by atoms with Crippen LogP contribution in [0.4, 0.5) is 5.13 Å². The van der Waals surface area contributed by atoms with Gasteiger partial charge >= 0.3 is 0 Å². The summed E-state index contributed by atoms with van der Waals surface area (Å²) in [4.78, 5) is 12.5. The first-order valence-electron chi connectivity index (χ1n) is 6.61. The van der Waals surface area contributed by atoms with Crippen molar-refractivity contribution in [1.29, 1.82) is 0 Å². The van der Waals surface area contributed by atoms with Crippen molar-refractivity contribution in [2.45, 2.75) is 18.2 Å². The maximum atomic E-state index is 12.4. The minimum Gasteiger partial charge on any atom is -0.296 e. The summed E-state index contributed by atoms with van der Waals surface area (Å²) in [6, 6.07) is 4.45. The van der Waals surface area contributed by atoms with Crippen molar-refractivity contribution < 1.29 is 13.2 Å². The lowest BCUT2D eigenvalue weighted by Gasteiger charge is -2.13. The summed E-state index contributed by atoms with van der Waals surface area (Å²) < 4.78 is 26.1. The number of anilines is 1. The lowest BCUT2D eigenvalue weighted by atomic mass is 10.2. The lowest BCUT2D eigenvalue weighted by molar-refractivity contribution is 0.102. The molecule has 0 atom stereocenters. The summed E-state index contributed by atoms with van der Waals surface area (Å²) in [6.07, 6.45) is 0.738. The molecule has 2 rings (SSSR count). The number of hydrogen-bond donors (Lipinski definition) is 1. The molecule has 0 aliphatic heterocycles. The summed E-state index contributed by atoms with van der Waals surface area (Å²) in [7, 11) is -0.708. The second kappa shape index (κ2) is 7.20. The van der Waals surface area contributed by atoms with Crippen molar-refractivity contribution in [1.82, 2.24) is 14.5 Å². The van der Waals surface area contributed by atoms with Gasteiger partial charge in [-0.15, -0.1) is 10.2 Å². The molecular formula is C13H15IN4O3S2. The Balaban J connectivity index is 2.33. The van der Waals surface area contributed by atoms with Gasteiger partial charge in [0.25, 0.3) is 5.91 Å². The molecule has 0 saturated carbocycles. The van der Waals surface area contributed by atoms with Crippen molar-refractivity contribution in [2.24, 2.45) is 0 Å².